The Kier molecular flexibility index (Phi) is 5.15. The van der Waals surface area contributed by atoms with Gasteiger partial charge in [-0.05, 0) is 97.2 Å². The van der Waals surface area contributed by atoms with Crippen molar-refractivity contribution >= 4 is 0 Å². The molecular weight excluding hydrogens is 601 g/mol. The van der Waals surface area contributed by atoms with Gasteiger partial charge in [0.05, 0.1) is 0 Å². The summed E-state index contributed by atoms with van der Waals surface area (Å²) in [6.45, 7) is 0. The van der Waals surface area contributed by atoms with Crippen molar-refractivity contribution in [1.82, 2.24) is 0 Å². The van der Waals surface area contributed by atoms with Gasteiger partial charge in [-0.2, -0.15) is 0 Å². The lowest BCUT2D eigenvalue weighted by atomic mass is 9.30. The second-order valence-electron chi connectivity index (χ2n) is 15.4. The molecule has 236 valence electrons. The van der Waals surface area contributed by atoms with E-state index < -0.39 is 0 Å². The number of benzene rings is 7. The Hall–Kier alpha value is -5.46. The summed E-state index contributed by atoms with van der Waals surface area (Å²) in [6, 6.07) is 66.4. The van der Waals surface area contributed by atoms with Crippen molar-refractivity contribution in [1.29, 1.82) is 0 Å². The molecule has 0 fully saturated rings. The van der Waals surface area contributed by atoms with Crippen LogP contribution in [0.1, 0.15) is 67.5 Å². The van der Waals surface area contributed by atoms with Crippen LogP contribution in [0.3, 0.4) is 0 Å². The van der Waals surface area contributed by atoms with Crippen molar-refractivity contribution in [2.45, 2.75) is 47.3 Å². The first kappa shape index (κ1) is 27.4. The van der Waals surface area contributed by atoms with Crippen LogP contribution >= 0.6 is 0 Å². The van der Waals surface area contributed by atoms with Crippen LogP contribution < -0.4 is 0 Å². The van der Waals surface area contributed by atoms with E-state index in [-0.39, 0.29) is 16.2 Å². The molecule has 7 aromatic rings. The molecule has 0 aromatic heterocycles. The largest absolute Gasteiger partial charge is 0.0620 e. The molecule has 0 bridgehead atoms. The number of rotatable bonds is 4. The fourth-order valence-electron chi connectivity index (χ4n) is 12.5. The summed E-state index contributed by atoms with van der Waals surface area (Å²) < 4.78 is 0. The Labute approximate surface area is 294 Å². The maximum Gasteiger partial charge on any atom is 0.0398 e. The molecule has 12 rings (SSSR count). The number of hydrogen-bond donors (Lipinski definition) is 0. The van der Waals surface area contributed by atoms with Crippen molar-refractivity contribution in [3.05, 3.63) is 225 Å². The molecule has 0 spiro atoms. The first-order chi connectivity index (χ1) is 24.8. The van der Waals surface area contributed by atoms with Gasteiger partial charge in [0.1, 0.15) is 0 Å². The first-order valence-electron chi connectivity index (χ1n) is 18.4. The second-order valence-corrected chi connectivity index (χ2v) is 15.4. The van der Waals surface area contributed by atoms with Gasteiger partial charge in [0.25, 0.3) is 0 Å². The minimum Gasteiger partial charge on any atom is -0.0620 e. The quantitative estimate of drug-likeness (QED) is 0.180. The van der Waals surface area contributed by atoms with Gasteiger partial charge in [-0.1, -0.05) is 170 Å². The summed E-state index contributed by atoms with van der Waals surface area (Å²) in [7, 11) is 0. The molecule has 0 heteroatoms. The van der Waals surface area contributed by atoms with Gasteiger partial charge in [-0.3, -0.25) is 0 Å². The molecule has 5 aliphatic rings. The van der Waals surface area contributed by atoms with Crippen molar-refractivity contribution < 1.29 is 0 Å². The predicted molar refractivity (Wildman–Crippen MR) is 203 cm³/mol. The molecule has 7 aromatic carbocycles. The first-order valence-corrected chi connectivity index (χ1v) is 18.4. The average molecular weight is 637 g/mol. The molecule has 0 radical (unpaired) electrons. The highest BCUT2D eigenvalue weighted by molar-refractivity contribution is 5.90. The summed E-state index contributed by atoms with van der Waals surface area (Å²) >= 11 is 0. The SMILES string of the molecule is c1ccc2c(c1)CC2C1(C2(C3(C4Cc5ccccc54)c4ccccc4-c4ccccc43)Cc3ccccc32)c2ccccc2-c2ccccc21. The Morgan fingerprint density at radius 3 is 1.02 bits per heavy atom. The lowest BCUT2D eigenvalue weighted by Crippen LogP contribution is -2.71. The van der Waals surface area contributed by atoms with Crippen molar-refractivity contribution in [3.63, 3.8) is 0 Å². The standard InChI is InChI=1S/C50H36/c1-4-18-35-32(15-1)29-46(35)49(42-25-11-6-20-37(42)38-21-7-12-26-43(38)49)48(31-34-17-3-10-24-41(34)48)50(47-30-33-16-2-5-19-36(33)47)44-27-13-8-22-39(44)40-23-9-14-28-45(40)50/h1-28,46-47H,29-31H2. The van der Waals surface area contributed by atoms with Crippen molar-refractivity contribution in [2.24, 2.45) is 0 Å². The minimum atomic E-state index is -0.308. The van der Waals surface area contributed by atoms with Crippen LogP contribution in [0.5, 0.6) is 0 Å². The molecule has 0 nitrogen and oxygen atoms in total. The highest BCUT2D eigenvalue weighted by Crippen LogP contribution is 2.80. The molecule has 0 saturated heterocycles. The molecule has 0 N–H and O–H groups in total. The van der Waals surface area contributed by atoms with Crippen LogP contribution in [0.25, 0.3) is 22.3 Å². The summed E-state index contributed by atoms with van der Waals surface area (Å²) in [5.74, 6) is 0.674. The zero-order valence-corrected chi connectivity index (χ0v) is 27.9. The summed E-state index contributed by atoms with van der Waals surface area (Å²) in [5.41, 5.74) is 20.0. The van der Waals surface area contributed by atoms with E-state index in [1.165, 1.54) is 72.3 Å². The van der Waals surface area contributed by atoms with E-state index in [1.807, 2.05) is 0 Å². The lowest BCUT2D eigenvalue weighted by molar-refractivity contribution is 0.0700. The highest BCUT2D eigenvalue weighted by atomic mass is 14.8. The van der Waals surface area contributed by atoms with E-state index in [1.54, 1.807) is 5.56 Å². The fourth-order valence-corrected chi connectivity index (χ4v) is 12.5. The number of hydrogen-bond acceptors (Lipinski definition) is 0. The highest BCUT2D eigenvalue weighted by Gasteiger charge is 2.77. The normalized spacial score (nSPS) is 23.0. The fraction of sp³-hybridized carbons (Fsp3) is 0.160. The monoisotopic (exact) mass is 636 g/mol. The van der Waals surface area contributed by atoms with E-state index in [2.05, 4.69) is 170 Å². The van der Waals surface area contributed by atoms with Gasteiger partial charge < -0.3 is 0 Å². The van der Waals surface area contributed by atoms with Crippen LogP contribution in [0.2, 0.25) is 0 Å². The maximum absolute atomic E-state index is 2.53. The molecule has 0 aliphatic heterocycles. The molecular formula is C50H36. The summed E-state index contributed by atoms with van der Waals surface area (Å²) in [6.07, 6.45) is 3.21. The smallest absolute Gasteiger partial charge is 0.0398 e. The third-order valence-corrected chi connectivity index (χ3v) is 14.0. The minimum absolute atomic E-state index is 0.279. The average Bonchev–Trinajstić information content (AvgIpc) is 3.59. The molecule has 0 heterocycles. The van der Waals surface area contributed by atoms with Crippen LogP contribution in [0.15, 0.2) is 170 Å². The Morgan fingerprint density at radius 2 is 0.640 bits per heavy atom. The van der Waals surface area contributed by atoms with Gasteiger partial charge >= 0.3 is 0 Å². The van der Waals surface area contributed by atoms with Crippen LogP contribution in [-0.2, 0) is 35.5 Å². The third kappa shape index (κ3) is 2.85. The molecule has 2 atom stereocenters. The molecule has 0 saturated carbocycles. The zero-order valence-electron chi connectivity index (χ0n) is 27.9. The van der Waals surface area contributed by atoms with E-state index in [9.17, 15) is 0 Å². The molecule has 2 unspecified atom stereocenters. The molecule has 0 amide bonds. The second kappa shape index (κ2) is 9.40. The van der Waals surface area contributed by atoms with Crippen LogP contribution in [0, 0.1) is 0 Å². The van der Waals surface area contributed by atoms with Crippen LogP contribution in [-0.4, -0.2) is 0 Å². The Balaban J connectivity index is 1.32. The van der Waals surface area contributed by atoms with Gasteiger partial charge in [-0.15, -0.1) is 0 Å². The Morgan fingerprint density at radius 1 is 0.320 bits per heavy atom. The molecule has 50 heavy (non-hydrogen) atoms. The lowest BCUT2D eigenvalue weighted by Gasteiger charge is -2.70. The number of fused-ring (bicyclic) bond motifs is 9. The summed E-state index contributed by atoms with van der Waals surface area (Å²) in [4.78, 5) is 0. The zero-order chi connectivity index (χ0) is 32.7. The Bertz CT molecular complexity index is 2320. The summed E-state index contributed by atoms with van der Waals surface area (Å²) in [5, 5.41) is 0. The molecule has 5 aliphatic carbocycles. The van der Waals surface area contributed by atoms with E-state index in [0.717, 1.165) is 19.3 Å². The van der Waals surface area contributed by atoms with Crippen LogP contribution in [0.4, 0.5) is 0 Å². The predicted octanol–water partition coefficient (Wildman–Crippen LogP) is 11.1. The van der Waals surface area contributed by atoms with E-state index in [4.69, 9.17) is 0 Å². The van der Waals surface area contributed by atoms with Gasteiger partial charge in [0, 0.05) is 28.1 Å². The van der Waals surface area contributed by atoms with Crippen molar-refractivity contribution in [2.75, 3.05) is 0 Å². The van der Waals surface area contributed by atoms with Crippen molar-refractivity contribution in [3.8, 4) is 22.3 Å². The van der Waals surface area contributed by atoms with E-state index >= 15 is 0 Å². The van der Waals surface area contributed by atoms with Gasteiger partial charge in [0.2, 0.25) is 0 Å². The van der Waals surface area contributed by atoms with Gasteiger partial charge in [-0.25, -0.2) is 0 Å². The van der Waals surface area contributed by atoms with E-state index in [0.29, 0.717) is 11.8 Å². The third-order valence-electron chi connectivity index (χ3n) is 14.0. The van der Waals surface area contributed by atoms with Gasteiger partial charge in [0.15, 0.2) is 0 Å². The maximum atomic E-state index is 2.53. The topological polar surface area (TPSA) is 0 Å².